The van der Waals surface area contributed by atoms with Gasteiger partial charge in [0.05, 0.1) is 29.6 Å². The molecule has 4 aromatic rings. The van der Waals surface area contributed by atoms with E-state index in [1.165, 1.54) is 7.11 Å². The van der Waals surface area contributed by atoms with Crippen molar-refractivity contribution in [2.75, 3.05) is 18.4 Å². The summed E-state index contributed by atoms with van der Waals surface area (Å²) in [5.74, 6) is 0.165. The van der Waals surface area contributed by atoms with Crippen LogP contribution in [-0.2, 0) is 10.5 Å². The van der Waals surface area contributed by atoms with Gasteiger partial charge in [-0.2, -0.15) is 16.8 Å². The molecule has 33 heavy (non-hydrogen) atoms. The predicted molar refractivity (Wildman–Crippen MR) is 133 cm³/mol. The highest BCUT2D eigenvalue weighted by Gasteiger charge is 2.25. The molecule has 7 heteroatoms. The van der Waals surface area contributed by atoms with Gasteiger partial charge in [0.1, 0.15) is 0 Å². The number of aromatic nitrogens is 1. The molecule has 0 aliphatic carbocycles. The summed E-state index contributed by atoms with van der Waals surface area (Å²) in [4.78, 5) is 31.2. The first kappa shape index (κ1) is 22.4. The van der Waals surface area contributed by atoms with Crippen molar-refractivity contribution in [1.29, 1.82) is 0 Å². The molecular formula is C26H23N3O3S. The Morgan fingerprint density at radius 2 is 1.58 bits per heavy atom. The van der Waals surface area contributed by atoms with E-state index in [1.54, 1.807) is 36.0 Å². The summed E-state index contributed by atoms with van der Waals surface area (Å²) in [6.45, 7) is 0. The summed E-state index contributed by atoms with van der Waals surface area (Å²) < 4.78 is 4.92. The van der Waals surface area contributed by atoms with Crippen LogP contribution >= 0.6 is 11.8 Å². The Morgan fingerprint density at radius 3 is 2.24 bits per heavy atom. The molecule has 0 fully saturated rings. The normalized spacial score (nSPS) is 10.6. The molecule has 3 aromatic carbocycles. The number of pyridine rings is 1. The van der Waals surface area contributed by atoms with Crippen molar-refractivity contribution in [3.8, 4) is 11.3 Å². The van der Waals surface area contributed by atoms with Crippen LogP contribution in [0.15, 0.2) is 84.9 Å². The maximum absolute atomic E-state index is 13.7. The van der Waals surface area contributed by atoms with Gasteiger partial charge in [0, 0.05) is 22.3 Å². The molecule has 2 amide bonds. The number of methoxy groups -OCH3 is 1. The number of hydrogen-bond donors (Lipinski definition) is 1. The lowest BCUT2D eigenvalue weighted by atomic mass is 9.97. The van der Waals surface area contributed by atoms with E-state index < -0.39 is 12.0 Å². The molecule has 0 aliphatic rings. The highest BCUT2D eigenvalue weighted by molar-refractivity contribution is 7.97. The second-order valence-electron chi connectivity index (χ2n) is 7.21. The Labute approximate surface area is 196 Å². The number of hydrogen-bond acceptors (Lipinski definition) is 5. The van der Waals surface area contributed by atoms with E-state index in [-0.39, 0.29) is 0 Å². The van der Waals surface area contributed by atoms with Gasteiger partial charge in [-0.15, -0.1) is 0 Å². The number of hydrazine groups is 1. The summed E-state index contributed by atoms with van der Waals surface area (Å²) in [7, 11) is 1.28. The zero-order chi connectivity index (χ0) is 23.2. The van der Waals surface area contributed by atoms with Gasteiger partial charge in [0.25, 0.3) is 5.91 Å². The summed E-state index contributed by atoms with van der Waals surface area (Å²) in [6, 6.07) is 26.2. The molecule has 4 rings (SSSR count). The van der Waals surface area contributed by atoms with Crippen LogP contribution in [0.25, 0.3) is 22.2 Å². The Hall–Kier alpha value is -3.84. The first-order valence-electron chi connectivity index (χ1n) is 10.3. The molecule has 0 unspecified atom stereocenters. The van der Waals surface area contributed by atoms with E-state index >= 15 is 0 Å². The number of nitrogens with one attached hydrogen (secondary N) is 1. The van der Waals surface area contributed by atoms with E-state index in [0.717, 1.165) is 27.2 Å². The number of amides is 2. The maximum atomic E-state index is 13.7. The molecule has 0 radical (unpaired) electrons. The third-order valence-electron chi connectivity index (χ3n) is 5.14. The average molecular weight is 458 g/mol. The largest absolute Gasteiger partial charge is 0.451 e. The number of carbonyl (C=O) groups is 2. The molecular weight excluding hydrogens is 434 g/mol. The second kappa shape index (κ2) is 10.2. The number of nitrogens with zero attached hydrogens (tertiary/aromatic N) is 2. The van der Waals surface area contributed by atoms with Crippen LogP contribution in [0.5, 0.6) is 0 Å². The molecule has 1 N–H and O–H groups in total. The number of para-hydroxylation sites is 2. The zero-order valence-corrected chi connectivity index (χ0v) is 19.1. The van der Waals surface area contributed by atoms with Crippen LogP contribution in [0.3, 0.4) is 0 Å². The van der Waals surface area contributed by atoms with Crippen molar-refractivity contribution in [2.24, 2.45) is 0 Å². The Morgan fingerprint density at radius 1 is 0.939 bits per heavy atom. The maximum Gasteiger partial charge on any atom is 0.433 e. The van der Waals surface area contributed by atoms with Crippen molar-refractivity contribution in [3.05, 3.63) is 96.1 Å². The number of anilines is 1. The van der Waals surface area contributed by atoms with E-state index in [9.17, 15) is 9.59 Å². The van der Waals surface area contributed by atoms with Gasteiger partial charge in [-0.1, -0.05) is 66.7 Å². The fourth-order valence-electron chi connectivity index (χ4n) is 3.67. The van der Waals surface area contributed by atoms with E-state index in [0.29, 0.717) is 22.5 Å². The highest BCUT2D eigenvalue weighted by Crippen LogP contribution is 2.32. The van der Waals surface area contributed by atoms with Crippen LogP contribution in [0.2, 0.25) is 0 Å². The average Bonchev–Trinajstić information content (AvgIpc) is 2.87. The summed E-state index contributed by atoms with van der Waals surface area (Å²) in [5, 5.41) is 1.83. The lowest BCUT2D eigenvalue weighted by Crippen LogP contribution is -2.46. The minimum Gasteiger partial charge on any atom is -0.451 e. The predicted octanol–water partition coefficient (Wildman–Crippen LogP) is 5.68. The first-order chi connectivity index (χ1) is 16.1. The number of carbonyl (C=O) groups excluding carboxylic acids is 2. The zero-order valence-electron chi connectivity index (χ0n) is 18.3. The van der Waals surface area contributed by atoms with Crippen LogP contribution < -0.4 is 10.4 Å². The summed E-state index contributed by atoms with van der Waals surface area (Å²) in [5.41, 5.74) is 6.92. The standard InChI is InChI=1S/C26H23N3O3S/c1-32-26(31)29(19-13-7-4-8-14-19)28-25(30)23-20-15-9-10-16-22(20)27-24(21(23)17-33-2)18-11-5-3-6-12-18/h3-16H,17H2,1-2H3,(H,28,30). The molecule has 1 aromatic heterocycles. The van der Waals surface area contributed by atoms with E-state index in [4.69, 9.17) is 9.72 Å². The third kappa shape index (κ3) is 4.68. The van der Waals surface area contributed by atoms with Gasteiger partial charge in [0.2, 0.25) is 0 Å². The molecule has 0 spiro atoms. The second-order valence-corrected chi connectivity index (χ2v) is 8.08. The number of rotatable bonds is 5. The smallest absolute Gasteiger partial charge is 0.433 e. The molecule has 1 heterocycles. The molecule has 0 saturated heterocycles. The lowest BCUT2D eigenvalue weighted by Gasteiger charge is -2.23. The molecule has 0 saturated carbocycles. The van der Waals surface area contributed by atoms with Gasteiger partial charge >= 0.3 is 6.09 Å². The summed E-state index contributed by atoms with van der Waals surface area (Å²) >= 11 is 1.60. The Kier molecular flexibility index (Phi) is 6.90. The van der Waals surface area contributed by atoms with Crippen molar-refractivity contribution in [3.63, 3.8) is 0 Å². The van der Waals surface area contributed by atoms with Crippen LogP contribution in [0.4, 0.5) is 10.5 Å². The molecule has 6 nitrogen and oxygen atoms in total. The number of thioether (sulfide) groups is 1. The van der Waals surface area contributed by atoms with Crippen molar-refractivity contribution in [1.82, 2.24) is 10.4 Å². The molecule has 0 bridgehead atoms. The van der Waals surface area contributed by atoms with Gasteiger partial charge in [-0.25, -0.2) is 9.78 Å². The minimum absolute atomic E-state index is 0.413. The van der Waals surface area contributed by atoms with Gasteiger partial charge < -0.3 is 4.74 Å². The van der Waals surface area contributed by atoms with Crippen molar-refractivity contribution in [2.45, 2.75) is 5.75 Å². The fourth-order valence-corrected chi connectivity index (χ4v) is 4.24. The number of benzene rings is 3. The van der Waals surface area contributed by atoms with Gasteiger partial charge in [-0.3, -0.25) is 10.2 Å². The monoisotopic (exact) mass is 457 g/mol. The van der Waals surface area contributed by atoms with E-state index in [1.807, 2.05) is 66.9 Å². The quantitative estimate of drug-likeness (QED) is 0.390. The molecule has 166 valence electrons. The molecule has 0 aliphatic heterocycles. The molecule has 0 atom stereocenters. The van der Waals surface area contributed by atoms with Crippen LogP contribution in [-0.4, -0.2) is 30.3 Å². The van der Waals surface area contributed by atoms with Crippen molar-refractivity contribution < 1.29 is 14.3 Å². The topological polar surface area (TPSA) is 71.5 Å². The van der Waals surface area contributed by atoms with Gasteiger partial charge in [0.15, 0.2) is 0 Å². The van der Waals surface area contributed by atoms with E-state index in [2.05, 4.69) is 5.43 Å². The van der Waals surface area contributed by atoms with Gasteiger partial charge in [-0.05, 0) is 24.5 Å². The first-order valence-corrected chi connectivity index (χ1v) is 11.7. The van der Waals surface area contributed by atoms with Crippen molar-refractivity contribution >= 4 is 40.4 Å². The number of fused-ring (bicyclic) bond motifs is 1. The Balaban J connectivity index is 1.89. The minimum atomic E-state index is -0.692. The van der Waals surface area contributed by atoms with Crippen LogP contribution in [0.1, 0.15) is 15.9 Å². The summed E-state index contributed by atoms with van der Waals surface area (Å²) in [6.07, 6.45) is 1.29. The Bertz CT molecular complexity index is 1280. The highest BCUT2D eigenvalue weighted by atomic mass is 32.2. The lowest BCUT2D eigenvalue weighted by molar-refractivity contribution is 0.0942. The number of ether oxygens (including phenoxy) is 1. The third-order valence-corrected chi connectivity index (χ3v) is 5.72. The fraction of sp³-hybridized carbons (Fsp3) is 0.115. The van der Waals surface area contributed by atoms with Crippen LogP contribution in [0, 0.1) is 0 Å². The SMILES string of the molecule is COC(=O)N(NC(=O)c1c(CSC)c(-c2ccccc2)nc2ccccc12)c1ccccc1.